The van der Waals surface area contributed by atoms with Crippen LogP contribution in [-0.4, -0.2) is 29.1 Å². The topological polar surface area (TPSA) is 106 Å². The lowest BCUT2D eigenvalue weighted by molar-refractivity contribution is -0.116. The number of benzene rings is 1. The Kier molecular flexibility index (Phi) is 7.66. The molecule has 0 radical (unpaired) electrons. The highest BCUT2D eigenvalue weighted by Crippen LogP contribution is 2.29. The Morgan fingerprint density at radius 3 is 2.80 bits per heavy atom. The summed E-state index contributed by atoms with van der Waals surface area (Å²) in [6.07, 6.45) is 3.57. The quantitative estimate of drug-likeness (QED) is 0.503. The first-order chi connectivity index (χ1) is 14.2. The maximum absolute atomic E-state index is 12.8. The van der Waals surface area contributed by atoms with E-state index in [4.69, 9.17) is 21.6 Å². The van der Waals surface area contributed by atoms with Gasteiger partial charge in [0.1, 0.15) is 12.1 Å². The molecule has 30 heavy (non-hydrogen) atoms. The van der Waals surface area contributed by atoms with Crippen LogP contribution in [0.25, 0.3) is 0 Å². The molecule has 0 bridgehead atoms. The lowest BCUT2D eigenvalue weighted by Crippen LogP contribution is -2.24. The van der Waals surface area contributed by atoms with E-state index in [1.165, 1.54) is 37.4 Å². The number of ether oxygens (including phenoxy) is 2. The van der Waals surface area contributed by atoms with Crippen LogP contribution in [0, 0.1) is 11.3 Å². The molecule has 0 unspecified atom stereocenters. The number of carbonyl (C=O) groups is 1. The van der Waals surface area contributed by atoms with E-state index in [0.717, 1.165) is 10.9 Å². The monoisotopic (exact) mass is 436 g/mol. The number of nitriles is 1. The predicted octanol–water partition coefficient (Wildman–Crippen LogP) is 3.02. The molecule has 8 nitrogen and oxygen atoms in total. The normalized spacial score (nSPS) is 10.7. The molecule has 0 saturated carbocycles. The molecule has 0 fully saturated rings. The van der Waals surface area contributed by atoms with Gasteiger partial charge in [-0.05, 0) is 23.8 Å². The van der Waals surface area contributed by atoms with Gasteiger partial charge in [0, 0.05) is 18.1 Å². The number of halogens is 3. The number of hydrogen-bond donors (Lipinski definition) is 1. The third-order valence-corrected chi connectivity index (χ3v) is 3.69. The first kappa shape index (κ1) is 22.6. The summed E-state index contributed by atoms with van der Waals surface area (Å²) < 4.78 is 36.1. The van der Waals surface area contributed by atoms with Crippen LogP contribution in [0.4, 0.5) is 8.78 Å². The largest absolute Gasteiger partial charge is 0.446 e. The second-order valence-electron chi connectivity index (χ2n) is 5.69. The second kappa shape index (κ2) is 10.2. The van der Waals surface area contributed by atoms with E-state index in [0.29, 0.717) is 5.57 Å². The van der Waals surface area contributed by atoms with Crippen LogP contribution in [0.2, 0.25) is 5.02 Å². The van der Waals surface area contributed by atoms with Crippen LogP contribution >= 0.6 is 11.6 Å². The first-order valence-corrected chi connectivity index (χ1v) is 8.61. The van der Waals surface area contributed by atoms with Crippen molar-refractivity contribution in [3.8, 4) is 23.4 Å². The molecule has 2 aromatic rings. The van der Waals surface area contributed by atoms with Crippen molar-refractivity contribution in [2.75, 3.05) is 7.05 Å². The van der Waals surface area contributed by atoms with Gasteiger partial charge in [-0.25, -0.2) is 0 Å². The summed E-state index contributed by atoms with van der Waals surface area (Å²) >= 11 is 5.90. The fourth-order valence-corrected chi connectivity index (χ4v) is 2.40. The van der Waals surface area contributed by atoms with Crippen molar-refractivity contribution in [3.63, 3.8) is 0 Å². The first-order valence-electron chi connectivity index (χ1n) is 8.24. The van der Waals surface area contributed by atoms with Gasteiger partial charge in [0.25, 0.3) is 11.6 Å². The highest BCUT2D eigenvalue weighted by atomic mass is 35.5. The molecule has 0 aliphatic carbocycles. The van der Waals surface area contributed by atoms with E-state index < -0.39 is 23.8 Å². The number of carbonyl (C=O) groups excluding carboxylic acids is 1. The third kappa shape index (κ3) is 6.15. The smallest absolute Gasteiger partial charge is 0.388 e. The van der Waals surface area contributed by atoms with Gasteiger partial charge >= 0.3 is 12.2 Å². The highest BCUT2D eigenvalue weighted by Gasteiger charge is 2.20. The zero-order chi connectivity index (χ0) is 22.3. The number of allylic oxidation sites excluding steroid dienone is 2. The predicted molar refractivity (Wildman–Crippen MR) is 104 cm³/mol. The Morgan fingerprint density at radius 2 is 2.17 bits per heavy atom. The average molecular weight is 437 g/mol. The van der Waals surface area contributed by atoms with Crippen LogP contribution in [-0.2, 0) is 11.3 Å². The molecule has 1 aromatic heterocycles. The van der Waals surface area contributed by atoms with Gasteiger partial charge in [-0.2, -0.15) is 19.0 Å². The molecular weight excluding hydrogens is 422 g/mol. The molecule has 0 aliphatic rings. The van der Waals surface area contributed by atoms with Crippen molar-refractivity contribution in [3.05, 3.63) is 69.8 Å². The van der Waals surface area contributed by atoms with Crippen molar-refractivity contribution in [2.45, 2.75) is 13.2 Å². The molecule has 1 N–H and O–H groups in total. The number of aromatic nitrogens is 2. The molecule has 0 atom stereocenters. The number of alkyl halides is 2. The number of nitrogens with one attached hydrogen (secondary N) is 1. The van der Waals surface area contributed by atoms with Crippen molar-refractivity contribution >= 4 is 17.5 Å². The minimum Gasteiger partial charge on any atom is -0.446 e. The van der Waals surface area contributed by atoms with Gasteiger partial charge in [0.2, 0.25) is 5.91 Å². The molecule has 156 valence electrons. The van der Waals surface area contributed by atoms with Gasteiger partial charge in [-0.1, -0.05) is 24.3 Å². The number of hydrogen-bond acceptors (Lipinski definition) is 6. The summed E-state index contributed by atoms with van der Waals surface area (Å²) in [5.74, 6) is -1.79. The molecule has 1 aromatic carbocycles. The van der Waals surface area contributed by atoms with Crippen LogP contribution in [0.3, 0.4) is 0 Å². The fraction of sp³-hybridized carbons (Fsp3) is 0.158. The van der Waals surface area contributed by atoms with E-state index in [1.807, 2.05) is 6.07 Å². The van der Waals surface area contributed by atoms with Crippen molar-refractivity contribution in [1.29, 1.82) is 5.26 Å². The summed E-state index contributed by atoms with van der Waals surface area (Å²) in [7, 11) is 1.45. The molecule has 11 heteroatoms. The van der Waals surface area contributed by atoms with Crippen LogP contribution < -0.4 is 20.3 Å². The van der Waals surface area contributed by atoms with Crippen molar-refractivity contribution in [2.24, 2.45) is 0 Å². The van der Waals surface area contributed by atoms with Crippen molar-refractivity contribution in [1.82, 2.24) is 14.9 Å². The molecule has 0 saturated heterocycles. The van der Waals surface area contributed by atoms with Gasteiger partial charge in [-0.15, -0.1) is 0 Å². The number of amides is 1. The van der Waals surface area contributed by atoms with Crippen LogP contribution in [0.1, 0.15) is 5.56 Å². The Bertz CT molecular complexity index is 1090. The average Bonchev–Trinajstić information content (AvgIpc) is 2.70. The summed E-state index contributed by atoms with van der Waals surface area (Å²) in [5.41, 5.74) is -0.370. The molecule has 1 heterocycles. The highest BCUT2D eigenvalue weighted by molar-refractivity contribution is 6.30. The zero-order valence-corrected chi connectivity index (χ0v) is 16.3. The fourth-order valence-electron chi connectivity index (χ4n) is 2.18. The van der Waals surface area contributed by atoms with E-state index >= 15 is 0 Å². The molecule has 0 spiro atoms. The van der Waals surface area contributed by atoms with Crippen molar-refractivity contribution < 1.29 is 23.0 Å². The maximum Gasteiger partial charge on any atom is 0.388 e. The number of nitrogens with zero attached hydrogens (tertiary/aromatic N) is 3. The Labute approximate surface area is 174 Å². The lowest BCUT2D eigenvalue weighted by atomic mass is 10.2. The van der Waals surface area contributed by atoms with Gasteiger partial charge in [0.15, 0.2) is 0 Å². The summed E-state index contributed by atoms with van der Waals surface area (Å²) in [6, 6.07) is 5.76. The SMILES string of the molecule is C=C(/C=C\C(=O)NC)Cn1cnc(OC(F)F)c(Oc2cc(Cl)cc(C#N)c2)c1=O. The standard InChI is InChI=1S/C19H15ClF2N4O4/c1-11(3-4-15(27)24-2)9-26-10-25-17(30-19(21)22)16(18(26)28)29-14-6-12(8-23)5-13(20)7-14/h3-7,10,19H,1,9H2,2H3,(H,24,27)/b4-3-. The Hall–Kier alpha value is -3.71. The van der Waals surface area contributed by atoms with E-state index in [9.17, 15) is 18.4 Å². The minimum atomic E-state index is -3.26. The molecular formula is C19H15ClF2N4O4. The molecule has 2 rings (SSSR count). The summed E-state index contributed by atoms with van der Waals surface area (Å²) in [4.78, 5) is 27.7. The van der Waals surface area contributed by atoms with Gasteiger partial charge in [0.05, 0.1) is 18.2 Å². The number of likely N-dealkylation sites (N-methyl/N-ethyl adjacent to an activating group) is 1. The van der Waals surface area contributed by atoms with Gasteiger partial charge in [-0.3, -0.25) is 14.2 Å². The molecule has 0 aliphatic heterocycles. The molecule has 1 amide bonds. The minimum absolute atomic E-state index is 0.0480. The third-order valence-electron chi connectivity index (χ3n) is 3.47. The zero-order valence-electron chi connectivity index (χ0n) is 15.6. The van der Waals surface area contributed by atoms with E-state index in [2.05, 4.69) is 21.6 Å². The van der Waals surface area contributed by atoms with Crippen LogP contribution in [0.5, 0.6) is 17.4 Å². The number of rotatable bonds is 8. The van der Waals surface area contributed by atoms with Gasteiger partial charge < -0.3 is 14.8 Å². The van der Waals surface area contributed by atoms with Crippen LogP contribution in [0.15, 0.2) is 53.6 Å². The van der Waals surface area contributed by atoms with E-state index in [-0.39, 0.29) is 28.8 Å². The maximum atomic E-state index is 12.8. The summed E-state index contributed by atoms with van der Waals surface area (Å²) in [5, 5.41) is 11.5. The summed E-state index contributed by atoms with van der Waals surface area (Å²) in [6.45, 7) is 0.354. The lowest BCUT2D eigenvalue weighted by Gasteiger charge is -2.13. The Balaban J connectivity index is 2.42. The van der Waals surface area contributed by atoms with E-state index in [1.54, 1.807) is 0 Å². The second-order valence-corrected chi connectivity index (χ2v) is 6.12. The Morgan fingerprint density at radius 1 is 1.43 bits per heavy atom.